The van der Waals surface area contributed by atoms with Crippen LogP contribution in [0, 0.1) is 13.8 Å². The molecule has 3 aromatic carbocycles. The molecule has 2 heterocycles. The van der Waals surface area contributed by atoms with Crippen LogP contribution in [0.3, 0.4) is 0 Å². The first-order chi connectivity index (χ1) is 16.8. The quantitative estimate of drug-likeness (QED) is 0.428. The molecule has 0 aliphatic carbocycles. The van der Waals surface area contributed by atoms with Crippen LogP contribution in [0.25, 0.3) is 10.8 Å². The molecule has 0 N–H and O–H groups in total. The van der Waals surface area contributed by atoms with Gasteiger partial charge < -0.3 is 4.90 Å². The highest BCUT2D eigenvalue weighted by atomic mass is 32.2. The summed E-state index contributed by atoms with van der Waals surface area (Å²) < 4.78 is 29.9. The predicted molar refractivity (Wildman–Crippen MR) is 136 cm³/mol. The van der Waals surface area contributed by atoms with E-state index in [9.17, 15) is 13.2 Å². The predicted octanol–water partition coefficient (Wildman–Crippen LogP) is 3.85. The Morgan fingerprint density at radius 2 is 1.51 bits per heavy atom. The molecule has 7 nitrogen and oxygen atoms in total. The van der Waals surface area contributed by atoms with Crippen LogP contribution in [0.2, 0.25) is 0 Å². The summed E-state index contributed by atoms with van der Waals surface area (Å²) in [6.07, 6.45) is 0. The summed E-state index contributed by atoms with van der Waals surface area (Å²) in [5, 5.41) is 6.49. The summed E-state index contributed by atoms with van der Waals surface area (Å²) in [6.45, 7) is 5.56. The Hall–Kier alpha value is -3.49. The monoisotopic (exact) mass is 488 g/mol. The summed E-state index contributed by atoms with van der Waals surface area (Å²) in [5.74, 6) is -0.0953. The fourth-order valence-electron chi connectivity index (χ4n) is 4.68. The first kappa shape index (κ1) is 23.3. The third-order valence-electron chi connectivity index (χ3n) is 6.66. The summed E-state index contributed by atoms with van der Waals surface area (Å²) in [5.41, 5.74) is 3.23. The van der Waals surface area contributed by atoms with Gasteiger partial charge in [-0.2, -0.15) is 9.40 Å². The van der Waals surface area contributed by atoms with Crippen molar-refractivity contribution in [1.82, 2.24) is 19.0 Å². The Morgan fingerprint density at radius 1 is 0.857 bits per heavy atom. The fraction of sp³-hybridized carbons (Fsp3) is 0.259. The first-order valence-electron chi connectivity index (χ1n) is 11.7. The molecular formula is C27H28N4O3S. The number of aromatic nitrogens is 2. The van der Waals surface area contributed by atoms with Gasteiger partial charge in [0.05, 0.1) is 22.7 Å². The molecule has 5 rings (SSSR count). The third kappa shape index (κ3) is 4.47. The van der Waals surface area contributed by atoms with Crippen molar-refractivity contribution in [2.75, 3.05) is 26.2 Å². The minimum Gasteiger partial charge on any atom is -0.336 e. The highest BCUT2D eigenvalue weighted by molar-refractivity contribution is 7.89. The smallest absolute Gasteiger partial charge is 0.257 e. The summed E-state index contributed by atoms with van der Waals surface area (Å²) in [4.78, 5) is 15.4. The number of carbonyl (C=O) groups excluding carboxylic acids is 1. The molecule has 1 saturated heterocycles. The van der Waals surface area contributed by atoms with E-state index in [0.29, 0.717) is 30.9 Å². The first-order valence-corrected chi connectivity index (χ1v) is 13.1. The van der Waals surface area contributed by atoms with Gasteiger partial charge in [-0.05, 0) is 42.3 Å². The summed E-state index contributed by atoms with van der Waals surface area (Å²) in [7, 11) is -3.64. The van der Waals surface area contributed by atoms with Crippen LogP contribution in [0.5, 0.6) is 0 Å². The zero-order chi connectivity index (χ0) is 24.6. The number of rotatable bonds is 5. The molecule has 180 valence electrons. The molecule has 0 atom stereocenters. The normalized spacial score (nSPS) is 15.0. The van der Waals surface area contributed by atoms with Crippen LogP contribution in [0.15, 0.2) is 77.7 Å². The lowest BCUT2D eigenvalue weighted by Crippen LogP contribution is -2.50. The molecule has 0 unspecified atom stereocenters. The van der Waals surface area contributed by atoms with E-state index in [1.165, 1.54) is 4.31 Å². The van der Waals surface area contributed by atoms with Crippen LogP contribution in [-0.2, 0) is 16.6 Å². The molecule has 1 aliphatic heterocycles. The number of aryl methyl sites for hydroxylation is 1. The SMILES string of the molecule is Cc1nn(Cc2ccccc2)c(C)c1C(=O)N1CCN(S(=O)(=O)c2ccc3ccccc3c2)CC1. The molecule has 0 saturated carbocycles. The number of carbonyl (C=O) groups is 1. The Morgan fingerprint density at radius 3 is 2.23 bits per heavy atom. The standard InChI is InChI=1S/C27H28N4O3S/c1-20-26(21(2)31(28-20)19-22-8-4-3-5-9-22)27(32)29-14-16-30(17-15-29)35(33,34)25-13-12-23-10-6-7-11-24(23)18-25/h3-13,18H,14-17,19H2,1-2H3. The molecule has 1 fully saturated rings. The number of amides is 1. The maximum Gasteiger partial charge on any atom is 0.257 e. The molecule has 4 aromatic rings. The molecular weight excluding hydrogens is 460 g/mol. The van der Waals surface area contributed by atoms with E-state index in [2.05, 4.69) is 5.10 Å². The topological polar surface area (TPSA) is 75.5 Å². The van der Waals surface area contributed by atoms with Crippen molar-refractivity contribution in [3.63, 3.8) is 0 Å². The number of benzene rings is 3. The van der Waals surface area contributed by atoms with E-state index in [0.717, 1.165) is 22.0 Å². The van der Waals surface area contributed by atoms with E-state index < -0.39 is 10.0 Å². The number of hydrogen-bond donors (Lipinski definition) is 0. The maximum absolute atomic E-state index is 13.4. The lowest BCUT2D eigenvalue weighted by molar-refractivity contribution is 0.0696. The van der Waals surface area contributed by atoms with Gasteiger partial charge in [0.25, 0.3) is 5.91 Å². The number of nitrogens with zero attached hydrogens (tertiary/aromatic N) is 4. The van der Waals surface area contributed by atoms with Crippen molar-refractivity contribution in [2.24, 2.45) is 0 Å². The van der Waals surface area contributed by atoms with Crippen molar-refractivity contribution in [3.05, 3.63) is 95.3 Å². The molecule has 0 bridgehead atoms. The van der Waals surface area contributed by atoms with Crippen LogP contribution < -0.4 is 0 Å². The van der Waals surface area contributed by atoms with Gasteiger partial charge in [-0.25, -0.2) is 8.42 Å². The van der Waals surface area contributed by atoms with Gasteiger partial charge in [0, 0.05) is 31.9 Å². The molecule has 8 heteroatoms. The third-order valence-corrected chi connectivity index (χ3v) is 8.55. The van der Waals surface area contributed by atoms with Gasteiger partial charge in [0.15, 0.2) is 0 Å². The van der Waals surface area contributed by atoms with Crippen LogP contribution >= 0.6 is 0 Å². The van der Waals surface area contributed by atoms with Crippen molar-refractivity contribution >= 4 is 26.7 Å². The molecule has 1 aliphatic rings. The fourth-order valence-corrected chi connectivity index (χ4v) is 6.14. The second-order valence-corrected chi connectivity index (χ2v) is 10.8. The molecule has 1 amide bonds. The largest absolute Gasteiger partial charge is 0.336 e. The van der Waals surface area contributed by atoms with Crippen LogP contribution in [0.4, 0.5) is 0 Å². The minimum absolute atomic E-state index is 0.0953. The van der Waals surface area contributed by atoms with Crippen LogP contribution in [0.1, 0.15) is 27.3 Å². The average Bonchev–Trinajstić information content (AvgIpc) is 3.16. The number of sulfonamides is 1. The maximum atomic E-state index is 13.4. The van der Waals surface area contributed by atoms with Crippen molar-refractivity contribution < 1.29 is 13.2 Å². The zero-order valence-electron chi connectivity index (χ0n) is 19.9. The Balaban J connectivity index is 1.30. The number of fused-ring (bicyclic) bond motifs is 1. The highest BCUT2D eigenvalue weighted by Gasteiger charge is 2.32. The van der Waals surface area contributed by atoms with Gasteiger partial charge in [-0.15, -0.1) is 0 Å². The lowest BCUT2D eigenvalue weighted by atomic mass is 10.1. The summed E-state index contributed by atoms with van der Waals surface area (Å²) in [6, 6.07) is 22.9. The molecule has 35 heavy (non-hydrogen) atoms. The second kappa shape index (κ2) is 9.28. The van der Waals surface area contributed by atoms with E-state index >= 15 is 0 Å². The molecule has 1 aromatic heterocycles. The van der Waals surface area contributed by atoms with Crippen molar-refractivity contribution in [1.29, 1.82) is 0 Å². The van der Waals surface area contributed by atoms with Gasteiger partial charge in [-0.1, -0.05) is 60.7 Å². The average molecular weight is 489 g/mol. The second-order valence-electron chi connectivity index (χ2n) is 8.89. The van der Waals surface area contributed by atoms with Crippen molar-refractivity contribution in [3.8, 4) is 0 Å². The van der Waals surface area contributed by atoms with E-state index in [4.69, 9.17) is 0 Å². The zero-order valence-corrected chi connectivity index (χ0v) is 20.7. The number of hydrogen-bond acceptors (Lipinski definition) is 4. The lowest BCUT2D eigenvalue weighted by Gasteiger charge is -2.34. The Labute approximate surface area is 205 Å². The van der Waals surface area contributed by atoms with Gasteiger partial charge in [0.1, 0.15) is 0 Å². The van der Waals surface area contributed by atoms with Gasteiger partial charge in [-0.3, -0.25) is 9.48 Å². The molecule has 0 spiro atoms. The number of piperazine rings is 1. The minimum atomic E-state index is -3.64. The van der Waals surface area contributed by atoms with Gasteiger partial charge in [0.2, 0.25) is 10.0 Å². The van der Waals surface area contributed by atoms with Gasteiger partial charge >= 0.3 is 0 Å². The van der Waals surface area contributed by atoms with E-state index in [1.807, 2.05) is 79.2 Å². The van der Waals surface area contributed by atoms with Crippen molar-refractivity contribution in [2.45, 2.75) is 25.3 Å². The van der Waals surface area contributed by atoms with E-state index in [-0.39, 0.29) is 23.9 Å². The summed E-state index contributed by atoms with van der Waals surface area (Å²) >= 11 is 0. The van der Waals surface area contributed by atoms with E-state index in [1.54, 1.807) is 17.0 Å². The Kier molecular flexibility index (Phi) is 6.17. The Bertz CT molecular complexity index is 1490. The van der Waals surface area contributed by atoms with Crippen LogP contribution in [-0.4, -0.2) is 59.5 Å². The highest BCUT2D eigenvalue weighted by Crippen LogP contribution is 2.24. The molecule has 0 radical (unpaired) electrons.